The highest BCUT2D eigenvalue weighted by atomic mass is 79.9. The Kier molecular flexibility index (Phi) is 3.41. The number of hydrogen-bond donors (Lipinski definition) is 1. The third-order valence-electron chi connectivity index (χ3n) is 3.62. The van der Waals surface area contributed by atoms with E-state index in [1.165, 1.54) is 0 Å². The van der Waals surface area contributed by atoms with Crippen LogP contribution in [0.25, 0.3) is 11.4 Å². The minimum absolute atomic E-state index is 0.0461. The Labute approximate surface area is 120 Å². The molecule has 0 saturated carbocycles. The summed E-state index contributed by atoms with van der Waals surface area (Å²) >= 11 is 3.46. The van der Waals surface area contributed by atoms with Crippen molar-refractivity contribution >= 4 is 15.9 Å². The summed E-state index contributed by atoms with van der Waals surface area (Å²) in [5, 5.41) is 7.51. The van der Waals surface area contributed by atoms with Gasteiger partial charge < -0.3 is 9.84 Å². The van der Waals surface area contributed by atoms with Crippen molar-refractivity contribution in [2.45, 2.75) is 25.2 Å². The van der Waals surface area contributed by atoms with Crippen molar-refractivity contribution in [2.24, 2.45) is 0 Å². The summed E-state index contributed by atoms with van der Waals surface area (Å²) in [6.07, 6.45) is 2.23. The smallest absolute Gasteiger partial charge is 0.234 e. The molecule has 0 amide bonds. The standard InChI is InChI=1S/C14H16BrN3O/c1-14(6-3-7-16-9-14)13-17-12(18-19-13)10-4-2-5-11(15)8-10/h2,4-5,8,16H,3,6-7,9H2,1H3. The molecule has 100 valence electrons. The van der Waals surface area contributed by atoms with Crippen LogP contribution < -0.4 is 5.32 Å². The molecule has 1 aliphatic heterocycles. The van der Waals surface area contributed by atoms with Crippen LogP contribution in [0.15, 0.2) is 33.3 Å². The molecule has 1 aliphatic rings. The van der Waals surface area contributed by atoms with Gasteiger partial charge in [-0.25, -0.2) is 0 Å². The molecule has 1 aromatic heterocycles. The van der Waals surface area contributed by atoms with E-state index in [2.05, 4.69) is 38.3 Å². The minimum atomic E-state index is -0.0461. The fourth-order valence-corrected chi connectivity index (χ4v) is 2.85. The van der Waals surface area contributed by atoms with Crippen LogP contribution >= 0.6 is 15.9 Å². The van der Waals surface area contributed by atoms with Gasteiger partial charge in [0.05, 0.1) is 5.41 Å². The lowest BCUT2D eigenvalue weighted by Crippen LogP contribution is -2.41. The van der Waals surface area contributed by atoms with Crippen LogP contribution in [-0.4, -0.2) is 23.2 Å². The second-order valence-corrected chi connectivity index (χ2v) is 6.19. The number of piperidine rings is 1. The molecule has 4 nitrogen and oxygen atoms in total. The number of nitrogens with one attached hydrogen (secondary N) is 1. The van der Waals surface area contributed by atoms with Gasteiger partial charge in [0.25, 0.3) is 0 Å². The normalized spacial score (nSPS) is 23.5. The van der Waals surface area contributed by atoms with E-state index in [1.807, 2.05) is 24.3 Å². The summed E-state index contributed by atoms with van der Waals surface area (Å²) in [6, 6.07) is 7.94. The van der Waals surface area contributed by atoms with Crippen LogP contribution in [0.4, 0.5) is 0 Å². The minimum Gasteiger partial charge on any atom is -0.338 e. The molecule has 1 N–H and O–H groups in total. The van der Waals surface area contributed by atoms with Gasteiger partial charge in [-0.1, -0.05) is 33.2 Å². The molecule has 0 spiro atoms. The van der Waals surface area contributed by atoms with Crippen molar-refractivity contribution in [3.63, 3.8) is 0 Å². The molecule has 19 heavy (non-hydrogen) atoms. The van der Waals surface area contributed by atoms with E-state index < -0.39 is 0 Å². The van der Waals surface area contributed by atoms with Crippen LogP contribution in [-0.2, 0) is 5.41 Å². The maximum Gasteiger partial charge on any atom is 0.234 e. The maximum absolute atomic E-state index is 5.48. The molecule has 0 aliphatic carbocycles. The lowest BCUT2D eigenvalue weighted by atomic mass is 9.83. The summed E-state index contributed by atoms with van der Waals surface area (Å²) < 4.78 is 6.50. The number of hydrogen-bond acceptors (Lipinski definition) is 4. The van der Waals surface area contributed by atoms with E-state index in [1.54, 1.807) is 0 Å². The summed E-state index contributed by atoms with van der Waals surface area (Å²) in [4.78, 5) is 4.58. The van der Waals surface area contributed by atoms with Gasteiger partial charge in [0, 0.05) is 16.6 Å². The zero-order valence-electron chi connectivity index (χ0n) is 10.8. The lowest BCUT2D eigenvalue weighted by molar-refractivity contribution is 0.245. The molecular weight excluding hydrogens is 306 g/mol. The highest BCUT2D eigenvalue weighted by molar-refractivity contribution is 9.10. The number of nitrogens with zero attached hydrogens (tertiary/aromatic N) is 2. The first-order valence-corrected chi connectivity index (χ1v) is 7.28. The van der Waals surface area contributed by atoms with Crippen LogP contribution in [0.2, 0.25) is 0 Å². The van der Waals surface area contributed by atoms with E-state index in [9.17, 15) is 0 Å². The molecule has 0 bridgehead atoms. The number of rotatable bonds is 2. The van der Waals surface area contributed by atoms with Gasteiger partial charge >= 0.3 is 0 Å². The van der Waals surface area contributed by atoms with Crippen molar-refractivity contribution in [3.8, 4) is 11.4 Å². The van der Waals surface area contributed by atoms with E-state index in [-0.39, 0.29) is 5.41 Å². The monoisotopic (exact) mass is 321 g/mol. The predicted molar refractivity (Wildman–Crippen MR) is 76.9 cm³/mol. The van der Waals surface area contributed by atoms with E-state index in [0.717, 1.165) is 41.9 Å². The third kappa shape index (κ3) is 2.58. The number of aromatic nitrogens is 2. The summed E-state index contributed by atoms with van der Waals surface area (Å²) in [5.41, 5.74) is 0.923. The van der Waals surface area contributed by atoms with E-state index >= 15 is 0 Å². The largest absolute Gasteiger partial charge is 0.338 e. The molecular formula is C14H16BrN3O. The molecule has 5 heteroatoms. The van der Waals surface area contributed by atoms with Gasteiger partial charge in [-0.15, -0.1) is 0 Å². The van der Waals surface area contributed by atoms with Gasteiger partial charge in [0.1, 0.15) is 0 Å². The van der Waals surface area contributed by atoms with Crippen molar-refractivity contribution < 1.29 is 4.52 Å². The first-order chi connectivity index (χ1) is 9.17. The summed E-state index contributed by atoms with van der Waals surface area (Å²) in [7, 11) is 0. The highest BCUT2D eigenvalue weighted by Crippen LogP contribution is 2.31. The number of halogens is 1. The molecule has 0 radical (unpaired) electrons. The Hall–Kier alpha value is -1.20. The Morgan fingerprint density at radius 3 is 3.05 bits per heavy atom. The lowest BCUT2D eigenvalue weighted by Gasteiger charge is -2.30. The molecule has 2 aromatic rings. The Balaban J connectivity index is 1.91. The highest BCUT2D eigenvalue weighted by Gasteiger charge is 2.34. The van der Waals surface area contributed by atoms with E-state index in [4.69, 9.17) is 4.52 Å². The van der Waals surface area contributed by atoms with Crippen LogP contribution in [0.5, 0.6) is 0 Å². The Morgan fingerprint density at radius 2 is 2.32 bits per heavy atom. The average Bonchev–Trinajstić information content (AvgIpc) is 2.90. The van der Waals surface area contributed by atoms with Crippen molar-refractivity contribution in [2.75, 3.05) is 13.1 Å². The third-order valence-corrected chi connectivity index (χ3v) is 4.12. The fourth-order valence-electron chi connectivity index (χ4n) is 2.45. The molecule has 1 aromatic carbocycles. The molecule has 1 atom stereocenters. The Morgan fingerprint density at radius 1 is 1.42 bits per heavy atom. The quantitative estimate of drug-likeness (QED) is 0.923. The second kappa shape index (κ2) is 5.06. The van der Waals surface area contributed by atoms with Crippen LogP contribution in [0.1, 0.15) is 25.7 Å². The van der Waals surface area contributed by atoms with Gasteiger partial charge in [-0.2, -0.15) is 4.98 Å². The first kappa shape index (κ1) is 12.8. The predicted octanol–water partition coefficient (Wildman–Crippen LogP) is 3.14. The topological polar surface area (TPSA) is 51.0 Å². The van der Waals surface area contributed by atoms with Crippen molar-refractivity contribution in [1.29, 1.82) is 0 Å². The number of benzene rings is 1. The molecule has 1 unspecified atom stereocenters. The molecule has 1 saturated heterocycles. The summed E-state index contributed by atoms with van der Waals surface area (Å²) in [5.74, 6) is 1.39. The van der Waals surface area contributed by atoms with Gasteiger partial charge in [-0.05, 0) is 38.4 Å². The van der Waals surface area contributed by atoms with E-state index in [0.29, 0.717) is 5.82 Å². The van der Waals surface area contributed by atoms with Crippen LogP contribution in [0, 0.1) is 0 Å². The van der Waals surface area contributed by atoms with Crippen molar-refractivity contribution in [3.05, 3.63) is 34.6 Å². The zero-order valence-corrected chi connectivity index (χ0v) is 12.4. The SMILES string of the molecule is CC1(c2nc(-c3cccc(Br)c3)no2)CCCNC1. The maximum atomic E-state index is 5.48. The van der Waals surface area contributed by atoms with Gasteiger partial charge in [0.15, 0.2) is 0 Å². The fraction of sp³-hybridized carbons (Fsp3) is 0.429. The average molecular weight is 322 g/mol. The van der Waals surface area contributed by atoms with Gasteiger partial charge in [-0.3, -0.25) is 0 Å². The Bertz CT molecular complexity index is 576. The second-order valence-electron chi connectivity index (χ2n) is 5.27. The zero-order chi connectivity index (χ0) is 13.3. The molecule has 3 rings (SSSR count). The van der Waals surface area contributed by atoms with Gasteiger partial charge in [0.2, 0.25) is 11.7 Å². The summed E-state index contributed by atoms with van der Waals surface area (Å²) in [6.45, 7) is 4.15. The molecule has 1 fully saturated rings. The van der Waals surface area contributed by atoms with Crippen molar-refractivity contribution in [1.82, 2.24) is 15.5 Å². The molecule has 2 heterocycles. The first-order valence-electron chi connectivity index (χ1n) is 6.48. The van der Waals surface area contributed by atoms with Crippen LogP contribution in [0.3, 0.4) is 0 Å².